The molecule has 0 fully saturated rings. The summed E-state index contributed by atoms with van der Waals surface area (Å²) in [5.74, 6) is -1.22. The molecule has 0 aromatic heterocycles. The monoisotopic (exact) mass is 308 g/mol. The van der Waals surface area contributed by atoms with Crippen molar-refractivity contribution in [3.63, 3.8) is 0 Å². The molecule has 5 heteroatoms. The number of Topliss-reactive ketones (excluding diaryl/α,β-unsaturated/α-hetero) is 2. The van der Waals surface area contributed by atoms with Crippen LogP contribution in [-0.2, 0) is 4.79 Å². The molecule has 0 aliphatic heterocycles. The predicted octanol–water partition coefficient (Wildman–Crippen LogP) is 2.61. The SMILES string of the molecule is O=C(O)COc1ccc(C=C2C(=O)c3ccccc3C2=O)cc1. The minimum atomic E-state index is -1.06. The quantitative estimate of drug-likeness (QED) is 0.693. The first-order valence-corrected chi connectivity index (χ1v) is 6.91. The molecular formula is C18H12O5. The van der Waals surface area contributed by atoms with E-state index in [0.717, 1.165) is 0 Å². The van der Waals surface area contributed by atoms with Crippen LogP contribution in [0.2, 0.25) is 0 Å². The van der Waals surface area contributed by atoms with Gasteiger partial charge in [-0.1, -0.05) is 36.4 Å². The standard InChI is InChI=1S/C18H12O5/c19-16(20)10-23-12-7-5-11(6-8-12)9-15-17(21)13-3-1-2-4-14(13)18(15)22/h1-9H,10H2,(H,19,20). The van der Waals surface area contributed by atoms with Gasteiger partial charge in [0, 0.05) is 11.1 Å². The van der Waals surface area contributed by atoms with E-state index in [0.29, 0.717) is 22.4 Å². The molecule has 1 aliphatic rings. The summed E-state index contributed by atoms with van der Waals surface area (Å²) in [6.07, 6.45) is 1.53. The Morgan fingerprint density at radius 1 is 0.957 bits per heavy atom. The lowest BCUT2D eigenvalue weighted by Crippen LogP contribution is -2.09. The number of benzene rings is 2. The highest BCUT2D eigenvalue weighted by Crippen LogP contribution is 2.27. The van der Waals surface area contributed by atoms with Gasteiger partial charge in [0.05, 0.1) is 5.57 Å². The number of carbonyl (C=O) groups is 3. The van der Waals surface area contributed by atoms with Gasteiger partial charge in [0.15, 0.2) is 18.2 Å². The van der Waals surface area contributed by atoms with Gasteiger partial charge in [-0.15, -0.1) is 0 Å². The van der Waals surface area contributed by atoms with Gasteiger partial charge < -0.3 is 9.84 Å². The molecule has 2 aromatic rings. The van der Waals surface area contributed by atoms with Crippen molar-refractivity contribution in [1.82, 2.24) is 0 Å². The van der Waals surface area contributed by atoms with Crippen molar-refractivity contribution >= 4 is 23.6 Å². The van der Waals surface area contributed by atoms with E-state index in [9.17, 15) is 14.4 Å². The summed E-state index contributed by atoms with van der Waals surface area (Å²) in [6, 6.07) is 13.2. The third kappa shape index (κ3) is 2.89. The topological polar surface area (TPSA) is 80.7 Å². The number of allylic oxidation sites excluding steroid dienone is 1. The fraction of sp³-hybridized carbons (Fsp3) is 0.0556. The molecule has 0 saturated carbocycles. The van der Waals surface area contributed by atoms with Crippen molar-refractivity contribution in [2.24, 2.45) is 0 Å². The molecule has 0 radical (unpaired) electrons. The Balaban J connectivity index is 1.84. The summed E-state index contributed by atoms with van der Waals surface area (Å²) in [5, 5.41) is 8.55. The molecule has 23 heavy (non-hydrogen) atoms. The maximum atomic E-state index is 12.3. The van der Waals surface area contributed by atoms with E-state index in [1.807, 2.05) is 0 Å². The summed E-state index contributed by atoms with van der Waals surface area (Å²) in [4.78, 5) is 35.0. The normalized spacial score (nSPS) is 13.0. The Labute approximate surface area is 131 Å². The van der Waals surface area contributed by atoms with Crippen LogP contribution in [0.4, 0.5) is 0 Å². The molecule has 2 aromatic carbocycles. The first-order valence-electron chi connectivity index (χ1n) is 6.91. The molecular weight excluding hydrogens is 296 g/mol. The smallest absolute Gasteiger partial charge is 0.341 e. The van der Waals surface area contributed by atoms with Crippen LogP contribution in [-0.4, -0.2) is 29.2 Å². The number of hydrogen-bond donors (Lipinski definition) is 1. The number of carboxylic acid groups (broad SMARTS) is 1. The molecule has 3 rings (SSSR count). The zero-order valence-electron chi connectivity index (χ0n) is 12.0. The van der Waals surface area contributed by atoms with Crippen LogP contribution in [0.25, 0.3) is 6.08 Å². The second-order valence-electron chi connectivity index (χ2n) is 5.01. The van der Waals surface area contributed by atoms with Gasteiger partial charge >= 0.3 is 5.97 Å². The molecule has 1 N–H and O–H groups in total. The Hall–Kier alpha value is -3.21. The molecule has 5 nitrogen and oxygen atoms in total. The van der Waals surface area contributed by atoms with Crippen LogP contribution in [0.15, 0.2) is 54.1 Å². The summed E-state index contributed by atoms with van der Waals surface area (Å²) in [7, 11) is 0. The maximum absolute atomic E-state index is 12.3. The molecule has 0 unspecified atom stereocenters. The highest BCUT2D eigenvalue weighted by atomic mass is 16.5. The molecule has 0 saturated heterocycles. The van der Waals surface area contributed by atoms with Gasteiger partial charge in [-0.2, -0.15) is 0 Å². The Morgan fingerprint density at radius 3 is 2.04 bits per heavy atom. The minimum absolute atomic E-state index is 0.130. The van der Waals surface area contributed by atoms with Crippen LogP contribution < -0.4 is 4.74 Å². The fourth-order valence-corrected chi connectivity index (χ4v) is 2.38. The average molecular weight is 308 g/mol. The van der Waals surface area contributed by atoms with Gasteiger partial charge in [-0.25, -0.2) is 4.79 Å². The zero-order chi connectivity index (χ0) is 16.4. The lowest BCUT2D eigenvalue weighted by atomic mass is 10.1. The summed E-state index contributed by atoms with van der Waals surface area (Å²) < 4.78 is 5.03. The lowest BCUT2D eigenvalue weighted by Gasteiger charge is -2.03. The van der Waals surface area contributed by atoms with E-state index in [1.54, 1.807) is 48.5 Å². The minimum Gasteiger partial charge on any atom is -0.482 e. The predicted molar refractivity (Wildman–Crippen MR) is 82.7 cm³/mol. The van der Waals surface area contributed by atoms with E-state index in [4.69, 9.17) is 9.84 Å². The number of carbonyl (C=O) groups excluding carboxylic acids is 2. The highest BCUT2D eigenvalue weighted by Gasteiger charge is 2.32. The van der Waals surface area contributed by atoms with Crippen LogP contribution in [0.3, 0.4) is 0 Å². The number of aliphatic carboxylic acids is 1. The van der Waals surface area contributed by atoms with Gasteiger partial charge in [-0.3, -0.25) is 9.59 Å². The molecule has 114 valence electrons. The van der Waals surface area contributed by atoms with Gasteiger partial charge in [0.2, 0.25) is 0 Å². The van der Waals surface area contributed by atoms with Crippen LogP contribution in [0, 0.1) is 0 Å². The van der Waals surface area contributed by atoms with E-state index >= 15 is 0 Å². The number of fused-ring (bicyclic) bond motifs is 1. The second kappa shape index (κ2) is 5.88. The van der Waals surface area contributed by atoms with Crippen molar-refractivity contribution in [1.29, 1.82) is 0 Å². The number of rotatable bonds is 4. The van der Waals surface area contributed by atoms with E-state index in [-0.39, 0.29) is 17.1 Å². The van der Waals surface area contributed by atoms with E-state index in [2.05, 4.69) is 0 Å². The zero-order valence-corrected chi connectivity index (χ0v) is 12.0. The Bertz CT molecular complexity index is 794. The number of carboxylic acids is 1. The first kappa shape index (κ1) is 14.7. The highest BCUT2D eigenvalue weighted by molar-refractivity contribution is 6.41. The van der Waals surface area contributed by atoms with Crippen molar-refractivity contribution in [2.45, 2.75) is 0 Å². The fourth-order valence-electron chi connectivity index (χ4n) is 2.38. The van der Waals surface area contributed by atoms with E-state index in [1.165, 1.54) is 6.08 Å². The summed E-state index contributed by atoms with van der Waals surface area (Å²) in [5.41, 5.74) is 1.64. The van der Waals surface area contributed by atoms with E-state index < -0.39 is 12.6 Å². The molecule has 0 amide bonds. The van der Waals surface area contributed by atoms with Crippen molar-refractivity contribution < 1.29 is 24.2 Å². The number of hydrogen-bond acceptors (Lipinski definition) is 4. The summed E-state index contributed by atoms with van der Waals surface area (Å²) in [6.45, 7) is -0.424. The van der Waals surface area contributed by atoms with Crippen LogP contribution in [0.5, 0.6) is 5.75 Å². The van der Waals surface area contributed by atoms with Gasteiger partial charge in [-0.05, 0) is 23.8 Å². The molecule has 0 spiro atoms. The van der Waals surface area contributed by atoms with Crippen LogP contribution in [0.1, 0.15) is 26.3 Å². The number of ether oxygens (including phenoxy) is 1. The van der Waals surface area contributed by atoms with Crippen molar-refractivity contribution in [3.8, 4) is 5.75 Å². The maximum Gasteiger partial charge on any atom is 0.341 e. The van der Waals surface area contributed by atoms with Gasteiger partial charge in [0.25, 0.3) is 0 Å². The Morgan fingerprint density at radius 2 is 1.52 bits per heavy atom. The molecule has 1 aliphatic carbocycles. The molecule has 0 bridgehead atoms. The largest absolute Gasteiger partial charge is 0.482 e. The average Bonchev–Trinajstić information content (AvgIpc) is 2.80. The first-order chi connectivity index (χ1) is 11.1. The van der Waals surface area contributed by atoms with Gasteiger partial charge in [0.1, 0.15) is 5.75 Å². The molecule has 0 atom stereocenters. The second-order valence-corrected chi connectivity index (χ2v) is 5.01. The summed E-state index contributed by atoms with van der Waals surface area (Å²) >= 11 is 0. The van der Waals surface area contributed by atoms with Crippen LogP contribution >= 0.6 is 0 Å². The molecule has 0 heterocycles. The lowest BCUT2D eigenvalue weighted by molar-refractivity contribution is -0.139. The number of ketones is 2. The third-order valence-electron chi connectivity index (χ3n) is 3.46. The third-order valence-corrected chi connectivity index (χ3v) is 3.46. The van der Waals surface area contributed by atoms with Crippen molar-refractivity contribution in [3.05, 3.63) is 70.8 Å². The Kier molecular flexibility index (Phi) is 3.76. The van der Waals surface area contributed by atoms with Crippen molar-refractivity contribution in [2.75, 3.05) is 6.61 Å².